The number of fused-ring (bicyclic) bond motifs is 1. The lowest BCUT2D eigenvalue weighted by atomic mass is 10.3. The number of H-pyrrole nitrogens is 1. The molecular formula is C13H15F3N2S. The zero-order valence-corrected chi connectivity index (χ0v) is 11.2. The van der Waals surface area contributed by atoms with E-state index in [9.17, 15) is 13.2 Å². The van der Waals surface area contributed by atoms with Crippen LogP contribution < -0.4 is 5.32 Å². The molecule has 0 saturated carbocycles. The van der Waals surface area contributed by atoms with Gasteiger partial charge in [-0.15, -0.1) is 11.8 Å². The third-order valence-corrected chi connectivity index (χ3v) is 3.63. The van der Waals surface area contributed by atoms with Crippen LogP contribution >= 0.6 is 11.8 Å². The van der Waals surface area contributed by atoms with Crippen molar-refractivity contribution in [2.24, 2.45) is 0 Å². The Labute approximate surface area is 113 Å². The van der Waals surface area contributed by atoms with Gasteiger partial charge in [0.2, 0.25) is 0 Å². The Balaban J connectivity index is 1.86. The van der Waals surface area contributed by atoms with E-state index in [-0.39, 0.29) is 5.25 Å². The van der Waals surface area contributed by atoms with Crippen molar-refractivity contribution in [1.82, 2.24) is 10.3 Å². The molecule has 6 heteroatoms. The summed E-state index contributed by atoms with van der Waals surface area (Å²) in [4.78, 5) is 3.25. The Morgan fingerprint density at radius 1 is 1.32 bits per heavy atom. The van der Waals surface area contributed by atoms with Crippen LogP contribution in [-0.2, 0) is 0 Å². The first kappa shape index (κ1) is 14.3. The van der Waals surface area contributed by atoms with Crippen LogP contribution in [0.4, 0.5) is 13.2 Å². The average Bonchev–Trinajstić information content (AvgIpc) is 2.68. The van der Waals surface area contributed by atoms with Crippen molar-refractivity contribution in [1.29, 1.82) is 0 Å². The average molecular weight is 288 g/mol. The van der Waals surface area contributed by atoms with Gasteiger partial charge in [-0.25, -0.2) is 0 Å². The minimum absolute atomic E-state index is 0.0652. The van der Waals surface area contributed by atoms with Crippen molar-refractivity contribution in [3.63, 3.8) is 0 Å². The molecule has 2 N–H and O–H groups in total. The van der Waals surface area contributed by atoms with Gasteiger partial charge in [0.1, 0.15) is 0 Å². The molecule has 1 atom stereocenters. The third kappa shape index (κ3) is 4.47. The summed E-state index contributed by atoms with van der Waals surface area (Å²) in [5.41, 5.74) is 1.04. The maximum absolute atomic E-state index is 12.0. The zero-order valence-electron chi connectivity index (χ0n) is 10.4. The summed E-state index contributed by atoms with van der Waals surface area (Å²) in [5.74, 6) is 0. The van der Waals surface area contributed by atoms with E-state index >= 15 is 0 Å². The molecule has 1 aromatic heterocycles. The highest BCUT2D eigenvalue weighted by Gasteiger charge is 2.26. The van der Waals surface area contributed by atoms with Gasteiger partial charge in [0.25, 0.3) is 0 Å². The molecule has 2 aromatic rings. The summed E-state index contributed by atoms with van der Waals surface area (Å²) in [7, 11) is 0. The van der Waals surface area contributed by atoms with Gasteiger partial charge in [0.05, 0.1) is 11.6 Å². The molecule has 0 aliphatic rings. The molecule has 1 heterocycles. The lowest BCUT2D eigenvalue weighted by Crippen LogP contribution is -2.32. The standard InChI is InChI=1S/C13H15F3N2S/c1-9(7-17-8-13(14,15)16)19-12-6-10-4-2-3-5-11(10)18-12/h2-6,9,17-18H,7-8H2,1H3. The summed E-state index contributed by atoms with van der Waals surface area (Å²) < 4.78 is 36.0. The van der Waals surface area contributed by atoms with E-state index in [1.165, 1.54) is 11.8 Å². The molecule has 0 saturated heterocycles. The maximum Gasteiger partial charge on any atom is 0.401 e. The van der Waals surface area contributed by atoms with Gasteiger partial charge in [-0.1, -0.05) is 25.1 Å². The Morgan fingerprint density at radius 3 is 2.74 bits per heavy atom. The number of aromatic nitrogens is 1. The van der Waals surface area contributed by atoms with E-state index in [0.29, 0.717) is 6.54 Å². The first-order chi connectivity index (χ1) is 8.94. The molecule has 1 unspecified atom stereocenters. The molecule has 0 aliphatic heterocycles. The van der Waals surface area contributed by atoms with Gasteiger partial charge in [0, 0.05) is 22.7 Å². The second kappa shape index (κ2) is 5.88. The van der Waals surface area contributed by atoms with E-state index in [2.05, 4.69) is 10.3 Å². The van der Waals surface area contributed by atoms with Gasteiger partial charge in [-0.2, -0.15) is 13.2 Å². The Hall–Kier alpha value is -1.14. The minimum atomic E-state index is -4.15. The fraction of sp³-hybridized carbons (Fsp3) is 0.385. The fourth-order valence-electron chi connectivity index (χ4n) is 1.79. The molecule has 0 spiro atoms. The third-order valence-electron chi connectivity index (χ3n) is 2.59. The van der Waals surface area contributed by atoms with Crippen LogP contribution in [0, 0.1) is 0 Å². The monoisotopic (exact) mass is 288 g/mol. The summed E-state index contributed by atoms with van der Waals surface area (Å²) in [6.45, 7) is 1.28. The topological polar surface area (TPSA) is 27.8 Å². The molecule has 0 bridgehead atoms. The van der Waals surface area contributed by atoms with Crippen molar-refractivity contribution < 1.29 is 13.2 Å². The number of nitrogens with one attached hydrogen (secondary N) is 2. The molecule has 0 radical (unpaired) electrons. The first-order valence-electron chi connectivity index (χ1n) is 5.96. The number of hydrogen-bond donors (Lipinski definition) is 2. The van der Waals surface area contributed by atoms with Crippen molar-refractivity contribution >= 4 is 22.7 Å². The van der Waals surface area contributed by atoms with Crippen molar-refractivity contribution in [3.8, 4) is 0 Å². The largest absolute Gasteiger partial charge is 0.401 e. The normalized spacial score (nSPS) is 13.9. The first-order valence-corrected chi connectivity index (χ1v) is 6.84. The predicted molar refractivity (Wildman–Crippen MR) is 72.5 cm³/mol. The Morgan fingerprint density at radius 2 is 2.05 bits per heavy atom. The molecule has 2 nitrogen and oxygen atoms in total. The number of alkyl halides is 3. The Bertz CT molecular complexity index is 503. The molecule has 1 aromatic carbocycles. The van der Waals surface area contributed by atoms with Crippen LogP contribution in [0.15, 0.2) is 35.4 Å². The van der Waals surface area contributed by atoms with Crippen molar-refractivity contribution in [2.75, 3.05) is 13.1 Å². The smallest absolute Gasteiger partial charge is 0.350 e. The molecule has 19 heavy (non-hydrogen) atoms. The summed E-state index contributed by atoms with van der Waals surface area (Å²) in [6.07, 6.45) is -4.15. The number of para-hydroxylation sites is 1. The van der Waals surface area contributed by atoms with Crippen molar-refractivity contribution in [2.45, 2.75) is 23.4 Å². The van der Waals surface area contributed by atoms with Gasteiger partial charge in [-0.05, 0) is 12.1 Å². The van der Waals surface area contributed by atoms with E-state index < -0.39 is 12.7 Å². The quantitative estimate of drug-likeness (QED) is 0.819. The number of halogens is 3. The lowest BCUT2D eigenvalue weighted by molar-refractivity contribution is -0.124. The van der Waals surface area contributed by atoms with Crippen LogP contribution in [0.2, 0.25) is 0 Å². The second-order valence-electron chi connectivity index (χ2n) is 4.40. The van der Waals surface area contributed by atoms with Gasteiger partial charge >= 0.3 is 6.18 Å². The highest BCUT2D eigenvalue weighted by Crippen LogP contribution is 2.26. The van der Waals surface area contributed by atoms with E-state index in [1.807, 2.05) is 37.3 Å². The number of aromatic amines is 1. The predicted octanol–water partition coefficient (Wildman–Crippen LogP) is 3.80. The van der Waals surface area contributed by atoms with Crippen LogP contribution in [0.3, 0.4) is 0 Å². The van der Waals surface area contributed by atoms with Crippen LogP contribution in [0.5, 0.6) is 0 Å². The van der Waals surface area contributed by atoms with Gasteiger partial charge in [-0.3, -0.25) is 0 Å². The minimum Gasteiger partial charge on any atom is -0.350 e. The van der Waals surface area contributed by atoms with Gasteiger partial charge in [0.15, 0.2) is 0 Å². The molecule has 0 amide bonds. The maximum atomic E-state index is 12.0. The van der Waals surface area contributed by atoms with Crippen molar-refractivity contribution in [3.05, 3.63) is 30.3 Å². The number of thioether (sulfide) groups is 1. The summed E-state index contributed by atoms with van der Waals surface area (Å²) >= 11 is 1.53. The summed E-state index contributed by atoms with van der Waals surface area (Å²) in [5, 5.41) is 4.57. The molecule has 0 fully saturated rings. The Kier molecular flexibility index (Phi) is 4.42. The molecular weight excluding hydrogens is 273 g/mol. The van der Waals surface area contributed by atoms with Crippen LogP contribution in [-0.4, -0.2) is 29.5 Å². The number of hydrogen-bond acceptors (Lipinski definition) is 2. The lowest BCUT2D eigenvalue weighted by Gasteiger charge is -2.12. The molecule has 0 aliphatic carbocycles. The van der Waals surface area contributed by atoms with Crippen LogP contribution in [0.1, 0.15) is 6.92 Å². The molecule has 104 valence electrons. The van der Waals surface area contributed by atoms with E-state index in [0.717, 1.165) is 15.9 Å². The molecule has 2 rings (SSSR count). The zero-order chi connectivity index (χ0) is 13.9. The summed E-state index contributed by atoms with van der Waals surface area (Å²) in [6, 6.07) is 9.90. The highest BCUT2D eigenvalue weighted by atomic mass is 32.2. The second-order valence-corrected chi connectivity index (χ2v) is 5.88. The number of benzene rings is 1. The van der Waals surface area contributed by atoms with E-state index in [4.69, 9.17) is 0 Å². The SMILES string of the molecule is CC(CNCC(F)(F)F)Sc1cc2ccccc2[nH]1. The van der Waals surface area contributed by atoms with Crippen LogP contribution in [0.25, 0.3) is 10.9 Å². The number of rotatable bonds is 5. The fourth-order valence-corrected chi connectivity index (χ4v) is 2.78. The van der Waals surface area contributed by atoms with E-state index in [1.54, 1.807) is 0 Å². The highest BCUT2D eigenvalue weighted by molar-refractivity contribution is 7.99. The van der Waals surface area contributed by atoms with Gasteiger partial charge < -0.3 is 10.3 Å².